The molecule has 220 valence electrons. The van der Waals surface area contributed by atoms with E-state index in [2.05, 4.69) is 18.2 Å². The Hall–Kier alpha value is -4.59. The monoisotopic (exact) mass is 620 g/mol. The normalized spacial score (nSPS) is 15.6. The molecular formula is C36H29ClN2O4S. The number of aromatic nitrogens is 1. The highest BCUT2D eigenvalue weighted by Crippen LogP contribution is 2.43. The minimum atomic E-state index is -0.317. The van der Waals surface area contributed by atoms with Gasteiger partial charge in [0.2, 0.25) is 0 Å². The number of fused-ring (bicyclic) bond motifs is 3. The lowest BCUT2D eigenvalue weighted by Gasteiger charge is -2.31. The van der Waals surface area contributed by atoms with Crippen LogP contribution in [0.4, 0.5) is 0 Å². The lowest BCUT2D eigenvalue weighted by Crippen LogP contribution is -2.39. The number of nitrogens with zero attached hydrogens (tertiary/aromatic N) is 2. The molecule has 1 aromatic heterocycles. The topological polar surface area (TPSA) is 62.0 Å². The highest BCUT2D eigenvalue weighted by Gasteiger charge is 2.34. The van der Waals surface area contributed by atoms with Crippen molar-refractivity contribution in [2.45, 2.75) is 25.5 Å². The smallest absolute Gasteiger partial charge is 0.271 e. The summed E-state index contributed by atoms with van der Waals surface area (Å²) >= 11 is 7.70. The number of hydrogen-bond acceptors (Lipinski definition) is 6. The van der Waals surface area contributed by atoms with Crippen LogP contribution >= 0.6 is 22.9 Å². The molecule has 5 aromatic rings. The van der Waals surface area contributed by atoms with Crippen LogP contribution in [0.3, 0.4) is 0 Å². The van der Waals surface area contributed by atoms with Gasteiger partial charge in [-0.25, -0.2) is 4.99 Å². The standard InChI is InChI=1S/C36H29ClN2O4S/c1-41-29-14-8-6-12-26(29)34-27-17-16-23-9-3-5-11-25(23)33(27)38-36-39(34)35(40)32(44-36)20-22-15-18-30(31(19-22)42-2)43-21-24-10-4-7-13-28(24)37/h3-15,18-20,34H,16-17,21H2,1-2H3/b32-20+/t34-/m1/s1. The maximum atomic E-state index is 14.2. The Balaban J connectivity index is 1.33. The van der Waals surface area contributed by atoms with Crippen molar-refractivity contribution in [1.82, 2.24) is 4.57 Å². The average Bonchev–Trinajstić information content (AvgIpc) is 3.37. The largest absolute Gasteiger partial charge is 0.496 e. The quantitative estimate of drug-likeness (QED) is 0.207. The summed E-state index contributed by atoms with van der Waals surface area (Å²) in [5.41, 5.74) is 7.06. The Morgan fingerprint density at radius 3 is 2.52 bits per heavy atom. The van der Waals surface area contributed by atoms with Gasteiger partial charge in [0.1, 0.15) is 12.4 Å². The molecule has 1 atom stereocenters. The first kappa shape index (κ1) is 28.2. The molecule has 0 saturated carbocycles. The molecular weight excluding hydrogens is 592 g/mol. The zero-order valence-corrected chi connectivity index (χ0v) is 25.8. The van der Waals surface area contributed by atoms with Crippen LogP contribution in [0.2, 0.25) is 5.02 Å². The van der Waals surface area contributed by atoms with Crippen LogP contribution in [-0.2, 0) is 13.0 Å². The Morgan fingerprint density at radius 1 is 0.909 bits per heavy atom. The number of thiazole rings is 1. The van der Waals surface area contributed by atoms with Crippen LogP contribution in [0.15, 0.2) is 106 Å². The highest BCUT2D eigenvalue weighted by molar-refractivity contribution is 7.07. The van der Waals surface area contributed by atoms with Gasteiger partial charge >= 0.3 is 0 Å². The van der Waals surface area contributed by atoms with E-state index in [-0.39, 0.29) is 11.6 Å². The number of aryl methyl sites for hydroxylation is 1. The van der Waals surface area contributed by atoms with Gasteiger partial charge in [-0.3, -0.25) is 9.36 Å². The number of ether oxygens (including phenoxy) is 3. The molecule has 7 rings (SSSR count). The van der Waals surface area contributed by atoms with Gasteiger partial charge in [-0.05, 0) is 59.9 Å². The zero-order chi connectivity index (χ0) is 30.2. The molecule has 0 bridgehead atoms. The first-order valence-electron chi connectivity index (χ1n) is 14.4. The van der Waals surface area contributed by atoms with E-state index in [9.17, 15) is 4.79 Å². The number of halogens is 1. The Morgan fingerprint density at radius 2 is 1.68 bits per heavy atom. The Kier molecular flexibility index (Phi) is 7.58. The average molecular weight is 621 g/mol. The molecule has 0 N–H and O–H groups in total. The zero-order valence-electron chi connectivity index (χ0n) is 24.2. The van der Waals surface area contributed by atoms with E-state index < -0.39 is 0 Å². The summed E-state index contributed by atoms with van der Waals surface area (Å²) in [6.45, 7) is 0.310. The third-order valence-corrected chi connectivity index (χ3v) is 9.48. The fourth-order valence-corrected chi connectivity index (χ4v) is 7.20. The summed E-state index contributed by atoms with van der Waals surface area (Å²) in [6, 6.07) is 29.3. The molecule has 1 aliphatic heterocycles. The SMILES string of the molecule is COc1cc(/C=c2/sc3n(c2=O)[C@H](c2ccccc2OC)C2=C(N=3)c3ccccc3CC2)ccc1OCc1ccccc1Cl. The van der Waals surface area contributed by atoms with Crippen LogP contribution in [0, 0.1) is 0 Å². The second-order valence-electron chi connectivity index (χ2n) is 10.6. The van der Waals surface area contributed by atoms with E-state index >= 15 is 0 Å². The van der Waals surface area contributed by atoms with Gasteiger partial charge in [0.05, 0.1) is 30.5 Å². The first-order valence-corrected chi connectivity index (χ1v) is 15.6. The number of benzene rings is 4. The summed E-state index contributed by atoms with van der Waals surface area (Å²) in [5.74, 6) is 1.91. The third kappa shape index (κ3) is 5.02. The molecule has 0 amide bonds. The molecule has 0 spiro atoms. The molecule has 8 heteroatoms. The van der Waals surface area contributed by atoms with E-state index in [0.717, 1.165) is 52.1 Å². The van der Waals surface area contributed by atoms with Crippen molar-refractivity contribution in [3.63, 3.8) is 0 Å². The summed E-state index contributed by atoms with van der Waals surface area (Å²) in [6.07, 6.45) is 3.60. The number of rotatable bonds is 7. The second kappa shape index (κ2) is 11.8. The number of hydrogen-bond donors (Lipinski definition) is 0. The fourth-order valence-electron chi connectivity index (χ4n) is 6.01. The molecule has 0 unspecified atom stereocenters. The van der Waals surface area contributed by atoms with Crippen LogP contribution < -0.4 is 29.1 Å². The summed E-state index contributed by atoms with van der Waals surface area (Å²) < 4.78 is 19.9. The summed E-state index contributed by atoms with van der Waals surface area (Å²) in [7, 11) is 3.27. The van der Waals surface area contributed by atoms with Gasteiger partial charge in [0.15, 0.2) is 16.3 Å². The Bertz CT molecular complexity index is 2110. The van der Waals surface area contributed by atoms with Crippen molar-refractivity contribution in [3.8, 4) is 17.2 Å². The van der Waals surface area contributed by atoms with Gasteiger partial charge < -0.3 is 14.2 Å². The van der Waals surface area contributed by atoms with E-state index in [4.69, 9.17) is 30.8 Å². The lowest BCUT2D eigenvalue weighted by atomic mass is 9.83. The second-order valence-corrected chi connectivity index (χ2v) is 12.1. The number of para-hydroxylation sites is 1. The molecule has 2 heterocycles. The van der Waals surface area contributed by atoms with Gasteiger partial charge in [-0.1, -0.05) is 89.7 Å². The maximum Gasteiger partial charge on any atom is 0.271 e. The maximum absolute atomic E-state index is 14.2. The molecule has 44 heavy (non-hydrogen) atoms. The number of methoxy groups -OCH3 is 2. The van der Waals surface area contributed by atoms with E-state index in [1.165, 1.54) is 16.9 Å². The summed E-state index contributed by atoms with van der Waals surface area (Å²) in [4.78, 5) is 20.0. The van der Waals surface area contributed by atoms with Crippen molar-refractivity contribution < 1.29 is 14.2 Å². The molecule has 2 aliphatic rings. The molecule has 0 fully saturated rings. The minimum Gasteiger partial charge on any atom is -0.496 e. The molecule has 1 aliphatic carbocycles. The predicted octanol–water partition coefficient (Wildman–Crippen LogP) is 6.57. The first-order chi connectivity index (χ1) is 21.6. The van der Waals surface area contributed by atoms with Crippen molar-refractivity contribution in [2.24, 2.45) is 4.99 Å². The Labute approximate surface area is 263 Å². The van der Waals surface area contributed by atoms with Crippen LogP contribution in [0.1, 0.15) is 40.3 Å². The third-order valence-electron chi connectivity index (χ3n) is 8.13. The van der Waals surface area contributed by atoms with Crippen molar-refractivity contribution >= 4 is 34.7 Å². The van der Waals surface area contributed by atoms with Gasteiger partial charge in [0, 0.05) is 21.7 Å². The van der Waals surface area contributed by atoms with E-state index in [1.807, 2.05) is 83.4 Å². The summed E-state index contributed by atoms with van der Waals surface area (Å²) in [5, 5.41) is 0.648. The molecule has 0 radical (unpaired) electrons. The fraction of sp³-hybridized carbons (Fsp3) is 0.167. The van der Waals surface area contributed by atoms with Crippen molar-refractivity contribution in [3.05, 3.63) is 149 Å². The number of allylic oxidation sites excluding steroid dienone is 1. The van der Waals surface area contributed by atoms with Crippen LogP contribution in [0.25, 0.3) is 11.8 Å². The van der Waals surface area contributed by atoms with E-state index in [0.29, 0.717) is 32.5 Å². The predicted molar refractivity (Wildman–Crippen MR) is 175 cm³/mol. The van der Waals surface area contributed by atoms with Crippen LogP contribution in [0.5, 0.6) is 17.2 Å². The molecule has 0 saturated heterocycles. The lowest BCUT2D eigenvalue weighted by molar-refractivity contribution is 0.284. The highest BCUT2D eigenvalue weighted by atomic mass is 35.5. The van der Waals surface area contributed by atoms with Crippen molar-refractivity contribution in [2.75, 3.05) is 14.2 Å². The van der Waals surface area contributed by atoms with Gasteiger partial charge in [-0.15, -0.1) is 0 Å². The minimum absolute atomic E-state index is 0.0897. The molecule has 6 nitrogen and oxygen atoms in total. The molecule has 4 aromatic carbocycles. The van der Waals surface area contributed by atoms with Gasteiger partial charge in [0.25, 0.3) is 5.56 Å². The van der Waals surface area contributed by atoms with Gasteiger partial charge in [-0.2, -0.15) is 0 Å². The van der Waals surface area contributed by atoms with Crippen LogP contribution in [-0.4, -0.2) is 18.8 Å². The van der Waals surface area contributed by atoms with Crippen molar-refractivity contribution in [1.29, 1.82) is 0 Å². The van der Waals surface area contributed by atoms with E-state index in [1.54, 1.807) is 14.2 Å².